The molecule has 0 fully saturated rings. The molecule has 0 aliphatic heterocycles. The van der Waals surface area contributed by atoms with Gasteiger partial charge in [-0.2, -0.15) is 0 Å². The van der Waals surface area contributed by atoms with E-state index in [0.717, 1.165) is 11.3 Å². The summed E-state index contributed by atoms with van der Waals surface area (Å²) in [4.78, 5) is 0. The molecule has 1 N–H and O–H groups in total. The summed E-state index contributed by atoms with van der Waals surface area (Å²) in [5.74, 6) is -0.232. The summed E-state index contributed by atoms with van der Waals surface area (Å²) in [5, 5.41) is 4.57. The quantitative estimate of drug-likeness (QED) is 0.715. The minimum atomic E-state index is -0.232. The monoisotopic (exact) mass is 317 g/mol. The molecule has 0 aliphatic carbocycles. The van der Waals surface area contributed by atoms with Crippen molar-refractivity contribution in [2.75, 3.05) is 5.32 Å². The van der Waals surface area contributed by atoms with Crippen LogP contribution in [0.2, 0.25) is 15.1 Å². The first-order valence-electron chi connectivity index (χ1n) is 5.61. The number of nitrogens with one attached hydrogen (secondary N) is 1. The van der Waals surface area contributed by atoms with Gasteiger partial charge in [0.1, 0.15) is 5.82 Å². The molecule has 0 atom stereocenters. The second-order valence-corrected chi connectivity index (χ2v) is 5.33. The molecule has 100 valence electrons. The molecular formula is C14H11Cl3FN. The first-order chi connectivity index (χ1) is 8.99. The molecule has 0 spiro atoms. The number of aryl methyl sites for hydroxylation is 1. The van der Waals surface area contributed by atoms with E-state index in [-0.39, 0.29) is 5.82 Å². The fourth-order valence-corrected chi connectivity index (χ4v) is 2.36. The van der Waals surface area contributed by atoms with E-state index in [1.807, 2.05) is 0 Å². The van der Waals surface area contributed by atoms with Gasteiger partial charge in [0.15, 0.2) is 0 Å². The fraction of sp³-hybridized carbons (Fsp3) is 0.143. The van der Waals surface area contributed by atoms with Crippen molar-refractivity contribution in [1.82, 2.24) is 0 Å². The average molecular weight is 319 g/mol. The van der Waals surface area contributed by atoms with E-state index in [4.69, 9.17) is 34.8 Å². The van der Waals surface area contributed by atoms with Gasteiger partial charge in [0, 0.05) is 22.8 Å². The van der Waals surface area contributed by atoms with E-state index in [9.17, 15) is 4.39 Å². The van der Waals surface area contributed by atoms with Gasteiger partial charge in [-0.15, -0.1) is 0 Å². The average Bonchev–Trinajstić information content (AvgIpc) is 2.38. The van der Waals surface area contributed by atoms with Gasteiger partial charge >= 0.3 is 0 Å². The van der Waals surface area contributed by atoms with E-state index in [0.29, 0.717) is 27.2 Å². The molecule has 1 nitrogen and oxygen atoms in total. The predicted octanol–water partition coefficient (Wildman–Crippen LogP) is 5.71. The molecule has 0 aromatic heterocycles. The zero-order valence-corrected chi connectivity index (χ0v) is 12.4. The highest BCUT2D eigenvalue weighted by Crippen LogP contribution is 2.32. The Balaban J connectivity index is 2.19. The lowest BCUT2D eigenvalue weighted by Gasteiger charge is -2.11. The highest BCUT2D eigenvalue weighted by molar-refractivity contribution is 6.44. The molecule has 0 aliphatic rings. The third kappa shape index (κ3) is 3.33. The van der Waals surface area contributed by atoms with Crippen LogP contribution < -0.4 is 5.32 Å². The van der Waals surface area contributed by atoms with Crippen molar-refractivity contribution < 1.29 is 4.39 Å². The molecule has 0 saturated heterocycles. The highest BCUT2D eigenvalue weighted by atomic mass is 35.5. The van der Waals surface area contributed by atoms with Crippen LogP contribution in [0.25, 0.3) is 0 Å². The standard InChI is InChI=1S/C14H11Cl3FN/c1-8-6-9(2-5-13(8)18)19-7-10-11(15)3-4-12(16)14(10)17/h2-6,19H,7H2,1H3. The molecule has 0 unspecified atom stereocenters. The number of halogens is 4. The smallest absolute Gasteiger partial charge is 0.126 e. The minimum Gasteiger partial charge on any atom is -0.381 e. The van der Waals surface area contributed by atoms with Crippen LogP contribution in [0.5, 0.6) is 0 Å². The van der Waals surface area contributed by atoms with Crippen LogP contribution in [0.15, 0.2) is 30.3 Å². The lowest BCUT2D eigenvalue weighted by molar-refractivity contribution is 0.618. The fourth-order valence-electron chi connectivity index (χ4n) is 1.68. The molecule has 0 saturated carbocycles. The summed E-state index contributed by atoms with van der Waals surface area (Å²) in [5.41, 5.74) is 2.09. The molecule has 2 rings (SSSR count). The van der Waals surface area contributed by atoms with Gasteiger partial charge in [-0.3, -0.25) is 0 Å². The first-order valence-corrected chi connectivity index (χ1v) is 6.75. The predicted molar refractivity (Wildman–Crippen MR) is 79.9 cm³/mol. The molecule has 2 aromatic carbocycles. The van der Waals surface area contributed by atoms with E-state index in [1.54, 1.807) is 31.2 Å². The lowest BCUT2D eigenvalue weighted by atomic mass is 10.2. The third-order valence-electron chi connectivity index (χ3n) is 2.77. The Morgan fingerprint density at radius 1 is 1.05 bits per heavy atom. The third-order valence-corrected chi connectivity index (χ3v) is 3.96. The van der Waals surface area contributed by atoms with Crippen LogP contribution >= 0.6 is 34.8 Å². The van der Waals surface area contributed by atoms with Crippen LogP contribution in [0.4, 0.5) is 10.1 Å². The molecule has 5 heteroatoms. The Morgan fingerprint density at radius 3 is 2.42 bits per heavy atom. The Bertz CT molecular complexity index is 614. The van der Waals surface area contributed by atoms with Crippen molar-refractivity contribution in [2.24, 2.45) is 0 Å². The Kier molecular flexibility index (Phi) is 4.56. The van der Waals surface area contributed by atoms with Gasteiger partial charge in [-0.05, 0) is 42.8 Å². The van der Waals surface area contributed by atoms with Crippen LogP contribution in [0.3, 0.4) is 0 Å². The molecule has 2 aromatic rings. The maximum atomic E-state index is 13.2. The lowest BCUT2D eigenvalue weighted by Crippen LogP contribution is -2.01. The number of hydrogen-bond donors (Lipinski definition) is 1. The van der Waals surface area contributed by atoms with Gasteiger partial charge < -0.3 is 5.32 Å². The van der Waals surface area contributed by atoms with E-state index in [2.05, 4.69) is 5.32 Å². The SMILES string of the molecule is Cc1cc(NCc2c(Cl)ccc(Cl)c2Cl)ccc1F. The summed E-state index contributed by atoms with van der Waals surface area (Å²) >= 11 is 18.1. The van der Waals surface area contributed by atoms with Gasteiger partial charge in [-0.25, -0.2) is 4.39 Å². The van der Waals surface area contributed by atoms with Crippen LogP contribution in [0.1, 0.15) is 11.1 Å². The first kappa shape index (κ1) is 14.4. The molecule has 0 heterocycles. The van der Waals surface area contributed by atoms with E-state index in [1.165, 1.54) is 6.07 Å². The zero-order valence-electron chi connectivity index (χ0n) is 10.1. The van der Waals surface area contributed by atoms with Crippen LogP contribution in [-0.2, 0) is 6.54 Å². The number of benzene rings is 2. The number of anilines is 1. The van der Waals surface area contributed by atoms with Gasteiger partial charge in [0.05, 0.1) is 10.0 Å². The second-order valence-electron chi connectivity index (χ2n) is 4.14. The Labute approximate surface area is 126 Å². The zero-order chi connectivity index (χ0) is 14.0. The largest absolute Gasteiger partial charge is 0.381 e. The maximum absolute atomic E-state index is 13.2. The summed E-state index contributed by atoms with van der Waals surface area (Å²) < 4.78 is 13.2. The second kappa shape index (κ2) is 6.00. The summed E-state index contributed by atoms with van der Waals surface area (Å²) in [7, 11) is 0. The molecule has 19 heavy (non-hydrogen) atoms. The Hall–Kier alpha value is -0.960. The maximum Gasteiger partial charge on any atom is 0.126 e. The van der Waals surface area contributed by atoms with Gasteiger partial charge in [0.25, 0.3) is 0 Å². The Morgan fingerprint density at radius 2 is 1.74 bits per heavy atom. The van der Waals surface area contributed by atoms with E-state index < -0.39 is 0 Å². The van der Waals surface area contributed by atoms with Crippen LogP contribution in [0, 0.1) is 12.7 Å². The highest BCUT2D eigenvalue weighted by Gasteiger charge is 2.09. The summed E-state index contributed by atoms with van der Waals surface area (Å²) in [6.45, 7) is 2.13. The molecule has 0 radical (unpaired) electrons. The van der Waals surface area contributed by atoms with Gasteiger partial charge in [-0.1, -0.05) is 34.8 Å². The number of hydrogen-bond acceptors (Lipinski definition) is 1. The number of rotatable bonds is 3. The van der Waals surface area contributed by atoms with Crippen molar-refractivity contribution >= 4 is 40.5 Å². The van der Waals surface area contributed by atoms with Crippen molar-refractivity contribution in [3.8, 4) is 0 Å². The molecule has 0 amide bonds. The van der Waals surface area contributed by atoms with Crippen LogP contribution in [-0.4, -0.2) is 0 Å². The molecule has 0 bridgehead atoms. The minimum absolute atomic E-state index is 0.232. The van der Waals surface area contributed by atoms with Crippen molar-refractivity contribution in [3.63, 3.8) is 0 Å². The van der Waals surface area contributed by atoms with Gasteiger partial charge in [0.2, 0.25) is 0 Å². The molecular weight excluding hydrogens is 308 g/mol. The van der Waals surface area contributed by atoms with E-state index >= 15 is 0 Å². The van der Waals surface area contributed by atoms with Crippen molar-refractivity contribution in [1.29, 1.82) is 0 Å². The topological polar surface area (TPSA) is 12.0 Å². The van der Waals surface area contributed by atoms with Crippen molar-refractivity contribution in [3.05, 3.63) is 62.3 Å². The summed E-state index contributed by atoms with van der Waals surface area (Å²) in [6.07, 6.45) is 0. The summed E-state index contributed by atoms with van der Waals surface area (Å²) in [6, 6.07) is 8.15. The normalized spacial score (nSPS) is 10.6. The van der Waals surface area contributed by atoms with Crippen molar-refractivity contribution in [2.45, 2.75) is 13.5 Å².